The van der Waals surface area contributed by atoms with Crippen LogP contribution in [0.5, 0.6) is 0 Å². The maximum Gasteiger partial charge on any atom is 0.243 e. The van der Waals surface area contributed by atoms with Crippen molar-refractivity contribution >= 4 is 23.4 Å². The van der Waals surface area contributed by atoms with E-state index in [4.69, 9.17) is 16.3 Å². The number of hydrogen-bond donors (Lipinski definition) is 1. The van der Waals surface area contributed by atoms with Gasteiger partial charge in [0.2, 0.25) is 11.8 Å². The molecule has 0 spiro atoms. The van der Waals surface area contributed by atoms with Crippen molar-refractivity contribution in [3.8, 4) is 0 Å². The number of hydrogen-bond acceptors (Lipinski definition) is 3. The van der Waals surface area contributed by atoms with E-state index >= 15 is 0 Å². The van der Waals surface area contributed by atoms with E-state index in [1.165, 1.54) is 0 Å². The highest BCUT2D eigenvalue weighted by molar-refractivity contribution is 6.30. The molecule has 1 N–H and O–H groups in total. The zero-order valence-corrected chi connectivity index (χ0v) is 19.4. The van der Waals surface area contributed by atoms with E-state index in [2.05, 4.69) is 5.32 Å². The Morgan fingerprint density at radius 2 is 1.71 bits per heavy atom. The Hall–Kier alpha value is -2.37. The third-order valence-corrected chi connectivity index (χ3v) is 5.21. The van der Waals surface area contributed by atoms with Crippen molar-refractivity contribution in [3.63, 3.8) is 0 Å². The number of carbonyl (C=O) groups is 2. The fourth-order valence-corrected chi connectivity index (χ4v) is 3.42. The Balaban J connectivity index is 2.26. The summed E-state index contributed by atoms with van der Waals surface area (Å²) in [7, 11) is 0. The quantitative estimate of drug-likeness (QED) is 0.491. The number of nitrogens with zero attached hydrogens (tertiary/aromatic N) is 1. The maximum atomic E-state index is 13.2. The summed E-state index contributed by atoms with van der Waals surface area (Å²) >= 11 is 6.02. The van der Waals surface area contributed by atoms with E-state index < -0.39 is 6.04 Å². The second-order valence-electron chi connectivity index (χ2n) is 7.79. The van der Waals surface area contributed by atoms with E-state index in [9.17, 15) is 9.59 Å². The summed E-state index contributed by atoms with van der Waals surface area (Å²) in [6, 6.07) is 16.6. The average molecular weight is 445 g/mol. The smallest absolute Gasteiger partial charge is 0.243 e. The van der Waals surface area contributed by atoms with Crippen LogP contribution in [0.1, 0.15) is 38.3 Å². The summed E-state index contributed by atoms with van der Waals surface area (Å²) in [5, 5.41) is 3.63. The van der Waals surface area contributed by atoms with Crippen molar-refractivity contribution in [2.24, 2.45) is 5.92 Å². The fourth-order valence-electron chi connectivity index (χ4n) is 3.29. The van der Waals surface area contributed by atoms with Gasteiger partial charge in [0.25, 0.3) is 0 Å². The highest BCUT2D eigenvalue weighted by atomic mass is 35.5. The highest BCUT2D eigenvalue weighted by Crippen LogP contribution is 2.18. The lowest BCUT2D eigenvalue weighted by molar-refractivity contribution is -0.143. The SMILES string of the molecule is CCOCCCNC(=O)C(Cc1ccccc1)N(Cc1ccc(Cl)cc1)C(=O)C(C)C. The van der Waals surface area contributed by atoms with Crippen LogP contribution in [0.2, 0.25) is 5.02 Å². The summed E-state index contributed by atoms with van der Waals surface area (Å²) in [6.45, 7) is 7.77. The molecule has 0 aromatic heterocycles. The standard InChI is InChI=1S/C25H33ClN2O3/c1-4-31-16-8-15-27-24(29)23(17-20-9-6-5-7-10-20)28(25(30)19(2)3)18-21-11-13-22(26)14-12-21/h5-7,9-14,19,23H,4,8,15-18H2,1-3H3,(H,27,29). The number of rotatable bonds is 12. The van der Waals surface area contributed by atoms with Crippen LogP contribution in [0, 0.1) is 5.92 Å². The van der Waals surface area contributed by atoms with E-state index in [-0.39, 0.29) is 17.7 Å². The van der Waals surface area contributed by atoms with Gasteiger partial charge in [-0.1, -0.05) is 67.9 Å². The average Bonchev–Trinajstić information content (AvgIpc) is 2.77. The molecule has 168 valence electrons. The first-order valence-corrected chi connectivity index (χ1v) is 11.2. The highest BCUT2D eigenvalue weighted by Gasteiger charge is 2.31. The van der Waals surface area contributed by atoms with E-state index in [1.807, 2.05) is 63.2 Å². The molecule has 0 fully saturated rings. The van der Waals surface area contributed by atoms with Crippen LogP contribution in [0.25, 0.3) is 0 Å². The molecule has 0 bridgehead atoms. The first-order chi connectivity index (χ1) is 14.9. The molecule has 2 aromatic carbocycles. The summed E-state index contributed by atoms with van der Waals surface area (Å²) < 4.78 is 5.35. The van der Waals surface area contributed by atoms with Crippen LogP contribution in [0.3, 0.4) is 0 Å². The molecule has 5 nitrogen and oxygen atoms in total. The number of carbonyl (C=O) groups excluding carboxylic acids is 2. The molecule has 0 aliphatic carbocycles. The van der Waals surface area contributed by atoms with E-state index in [1.54, 1.807) is 17.0 Å². The molecule has 0 radical (unpaired) electrons. The lowest BCUT2D eigenvalue weighted by Gasteiger charge is -2.33. The third-order valence-electron chi connectivity index (χ3n) is 4.96. The van der Waals surface area contributed by atoms with Crippen LogP contribution in [0.4, 0.5) is 0 Å². The van der Waals surface area contributed by atoms with Crippen molar-refractivity contribution in [2.45, 2.75) is 46.2 Å². The van der Waals surface area contributed by atoms with Gasteiger partial charge in [0.05, 0.1) is 0 Å². The van der Waals surface area contributed by atoms with Gasteiger partial charge in [-0.2, -0.15) is 0 Å². The minimum atomic E-state index is -0.611. The largest absolute Gasteiger partial charge is 0.382 e. The minimum absolute atomic E-state index is 0.0552. The molecule has 0 aliphatic heterocycles. The zero-order valence-electron chi connectivity index (χ0n) is 18.6. The van der Waals surface area contributed by atoms with Crippen LogP contribution >= 0.6 is 11.6 Å². The summed E-state index contributed by atoms with van der Waals surface area (Å²) in [5.41, 5.74) is 1.94. The molecule has 0 saturated carbocycles. The number of nitrogens with one attached hydrogen (secondary N) is 1. The Morgan fingerprint density at radius 3 is 2.32 bits per heavy atom. The molecule has 0 saturated heterocycles. The number of halogens is 1. The van der Waals surface area contributed by atoms with E-state index in [0.29, 0.717) is 37.7 Å². The van der Waals surface area contributed by atoms with Gasteiger partial charge in [-0.15, -0.1) is 0 Å². The molecule has 6 heteroatoms. The third kappa shape index (κ3) is 8.35. The molecular weight excluding hydrogens is 412 g/mol. The van der Waals surface area contributed by atoms with Crippen LogP contribution in [0.15, 0.2) is 54.6 Å². The molecular formula is C25H33ClN2O3. The first-order valence-electron chi connectivity index (χ1n) is 10.9. The second kappa shape index (κ2) is 13.1. The minimum Gasteiger partial charge on any atom is -0.382 e. The van der Waals surface area contributed by atoms with Gasteiger partial charge < -0.3 is 15.0 Å². The molecule has 1 unspecified atom stereocenters. The maximum absolute atomic E-state index is 13.2. The van der Waals surface area contributed by atoms with Gasteiger partial charge in [0.15, 0.2) is 0 Å². The van der Waals surface area contributed by atoms with E-state index in [0.717, 1.165) is 17.5 Å². The first kappa shape index (κ1) is 24.9. The Morgan fingerprint density at radius 1 is 1.03 bits per heavy atom. The van der Waals surface area contributed by atoms with Crippen molar-refractivity contribution in [3.05, 3.63) is 70.7 Å². The summed E-state index contributed by atoms with van der Waals surface area (Å²) in [5.74, 6) is -0.431. The van der Waals surface area contributed by atoms with Crippen molar-refractivity contribution in [1.82, 2.24) is 10.2 Å². The molecule has 0 heterocycles. The zero-order chi connectivity index (χ0) is 22.6. The number of amides is 2. The Labute approximate surface area is 190 Å². The normalized spacial score (nSPS) is 11.9. The molecule has 2 rings (SSSR count). The lowest BCUT2D eigenvalue weighted by atomic mass is 10.0. The van der Waals surface area contributed by atoms with Crippen molar-refractivity contribution in [2.75, 3.05) is 19.8 Å². The number of ether oxygens (including phenoxy) is 1. The number of benzene rings is 2. The molecule has 2 aromatic rings. The molecule has 31 heavy (non-hydrogen) atoms. The van der Waals surface area contributed by atoms with Gasteiger partial charge in [-0.05, 0) is 36.6 Å². The van der Waals surface area contributed by atoms with Crippen LogP contribution in [-0.4, -0.2) is 42.5 Å². The summed E-state index contributed by atoms with van der Waals surface area (Å²) in [6.07, 6.45) is 1.18. The van der Waals surface area contributed by atoms with Gasteiger partial charge in [0, 0.05) is 43.7 Å². The van der Waals surface area contributed by atoms with Gasteiger partial charge in [0.1, 0.15) is 6.04 Å². The van der Waals surface area contributed by atoms with Crippen molar-refractivity contribution < 1.29 is 14.3 Å². The Bertz CT molecular complexity index is 809. The van der Waals surface area contributed by atoms with Gasteiger partial charge in [-0.3, -0.25) is 9.59 Å². The molecule has 2 amide bonds. The lowest BCUT2D eigenvalue weighted by Crippen LogP contribution is -2.51. The molecule has 0 aliphatic rings. The van der Waals surface area contributed by atoms with Crippen molar-refractivity contribution in [1.29, 1.82) is 0 Å². The predicted octanol–water partition coefficient (Wildman–Crippen LogP) is 4.48. The van der Waals surface area contributed by atoms with Crippen LogP contribution < -0.4 is 5.32 Å². The topological polar surface area (TPSA) is 58.6 Å². The van der Waals surface area contributed by atoms with Gasteiger partial charge >= 0.3 is 0 Å². The monoisotopic (exact) mass is 444 g/mol. The second-order valence-corrected chi connectivity index (χ2v) is 8.23. The summed E-state index contributed by atoms with van der Waals surface area (Å²) in [4.78, 5) is 28.1. The molecule has 1 atom stereocenters. The Kier molecular flexibility index (Phi) is 10.5. The van der Waals surface area contributed by atoms with Gasteiger partial charge in [-0.25, -0.2) is 0 Å². The van der Waals surface area contributed by atoms with Crippen LogP contribution in [-0.2, 0) is 27.3 Å². The predicted molar refractivity (Wildman–Crippen MR) is 125 cm³/mol. The fraction of sp³-hybridized carbons (Fsp3) is 0.440.